The third kappa shape index (κ3) is 6.29. The maximum Gasteiger partial charge on any atom is 0.277 e. The first-order valence-corrected chi connectivity index (χ1v) is 13.6. The molecule has 0 spiro atoms. The van der Waals surface area contributed by atoms with Gasteiger partial charge in [-0.05, 0) is 51.4 Å². The second-order valence-electron chi connectivity index (χ2n) is 10.1. The number of hydrogen-bond acceptors (Lipinski definition) is 4. The number of piperidine rings is 1. The van der Waals surface area contributed by atoms with Gasteiger partial charge in [-0.25, -0.2) is 4.67 Å². The first-order chi connectivity index (χ1) is 13.7. The van der Waals surface area contributed by atoms with Crippen LogP contribution in [0.5, 0.6) is 0 Å². The van der Waals surface area contributed by atoms with Gasteiger partial charge in [-0.2, -0.15) is 0 Å². The van der Waals surface area contributed by atoms with Crippen molar-refractivity contribution in [2.75, 3.05) is 46.0 Å². The van der Waals surface area contributed by atoms with Crippen molar-refractivity contribution in [1.82, 2.24) is 9.57 Å². The van der Waals surface area contributed by atoms with Crippen LogP contribution < -0.4 is 0 Å². The molecule has 172 valence electrons. The molecular weight excluding hydrogens is 383 g/mol. The van der Waals surface area contributed by atoms with Crippen LogP contribution in [0.3, 0.4) is 0 Å². The molecular formula is C23H47N2O3P. The van der Waals surface area contributed by atoms with Gasteiger partial charge in [0, 0.05) is 32.2 Å². The average Bonchev–Trinajstić information content (AvgIpc) is 2.73. The number of rotatable bonds is 11. The van der Waals surface area contributed by atoms with Gasteiger partial charge in [0.15, 0.2) is 0 Å². The predicted molar refractivity (Wildman–Crippen MR) is 123 cm³/mol. The summed E-state index contributed by atoms with van der Waals surface area (Å²) in [6.45, 7) is 19.4. The molecule has 6 heteroatoms. The third-order valence-corrected chi connectivity index (χ3v) is 10.7. The maximum atomic E-state index is 14.5. The summed E-state index contributed by atoms with van der Waals surface area (Å²) < 4.78 is 28.8. The molecule has 2 fully saturated rings. The van der Waals surface area contributed by atoms with E-state index in [9.17, 15) is 4.57 Å². The lowest BCUT2D eigenvalue weighted by Crippen LogP contribution is -2.49. The van der Waals surface area contributed by atoms with Crippen LogP contribution in [0, 0.1) is 5.41 Å². The van der Waals surface area contributed by atoms with Gasteiger partial charge in [0.2, 0.25) is 0 Å². The molecule has 2 rings (SSSR count). The number of hydrogen-bond donors (Lipinski definition) is 0. The molecule has 0 amide bonds. The fraction of sp³-hybridized carbons (Fsp3) is 1.00. The Kier molecular flexibility index (Phi) is 9.69. The fourth-order valence-electron chi connectivity index (χ4n) is 5.01. The quantitative estimate of drug-likeness (QED) is 0.388. The molecule has 2 aliphatic rings. The van der Waals surface area contributed by atoms with E-state index in [0.29, 0.717) is 12.6 Å². The number of morpholine rings is 1. The van der Waals surface area contributed by atoms with Gasteiger partial charge in [-0.3, -0.25) is 9.46 Å². The molecule has 0 aromatic rings. The molecule has 0 N–H and O–H groups in total. The van der Waals surface area contributed by atoms with Crippen molar-refractivity contribution >= 4 is 7.52 Å². The predicted octanol–water partition coefficient (Wildman–Crippen LogP) is 5.79. The van der Waals surface area contributed by atoms with Crippen LogP contribution in [0.4, 0.5) is 0 Å². The molecule has 2 atom stereocenters. The van der Waals surface area contributed by atoms with Crippen LogP contribution in [-0.4, -0.2) is 66.8 Å². The molecule has 0 aliphatic carbocycles. The zero-order valence-corrected chi connectivity index (χ0v) is 20.9. The van der Waals surface area contributed by atoms with E-state index in [-0.39, 0.29) is 10.6 Å². The van der Waals surface area contributed by atoms with Crippen LogP contribution in [0.25, 0.3) is 0 Å². The minimum atomic E-state index is -2.92. The van der Waals surface area contributed by atoms with Gasteiger partial charge in [0.25, 0.3) is 7.52 Å². The van der Waals surface area contributed by atoms with Crippen molar-refractivity contribution in [2.45, 2.75) is 97.7 Å². The molecule has 5 nitrogen and oxygen atoms in total. The normalized spacial score (nSPS) is 24.9. The highest BCUT2D eigenvalue weighted by Gasteiger charge is 2.48. The van der Waals surface area contributed by atoms with Gasteiger partial charge in [-0.15, -0.1) is 0 Å². The Hall–Kier alpha value is 0.0700. The van der Waals surface area contributed by atoms with Gasteiger partial charge in [-0.1, -0.05) is 40.5 Å². The van der Waals surface area contributed by atoms with Gasteiger partial charge in [0.1, 0.15) is 0 Å². The summed E-state index contributed by atoms with van der Waals surface area (Å²) in [5, 5.41) is -0.311. The molecule has 0 saturated carbocycles. The van der Waals surface area contributed by atoms with E-state index in [1.54, 1.807) is 0 Å². The summed E-state index contributed by atoms with van der Waals surface area (Å²) in [7, 11) is -2.92. The summed E-state index contributed by atoms with van der Waals surface area (Å²) >= 11 is 0. The largest absolute Gasteiger partial charge is 0.379 e. The van der Waals surface area contributed by atoms with Crippen LogP contribution in [-0.2, 0) is 13.8 Å². The Bertz CT molecular complexity index is 528. The van der Waals surface area contributed by atoms with E-state index < -0.39 is 7.52 Å². The van der Waals surface area contributed by atoms with Crippen molar-refractivity contribution in [1.29, 1.82) is 0 Å². The van der Waals surface area contributed by atoms with E-state index in [1.165, 1.54) is 0 Å². The Morgan fingerprint density at radius 3 is 2.07 bits per heavy atom. The first kappa shape index (κ1) is 25.3. The molecule has 2 heterocycles. The molecule has 2 aliphatic heterocycles. The smallest absolute Gasteiger partial charge is 0.277 e. The van der Waals surface area contributed by atoms with E-state index in [2.05, 4.69) is 51.1 Å². The van der Waals surface area contributed by atoms with E-state index in [4.69, 9.17) is 9.26 Å². The van der Waals surface area contributed by atoms with Gasteiger partial charge < -0.3 is 9.26 Å². The van der Waals surface area contributed by atoms with Crippen LogP contribution in [0.1, 0.15) is 86.5 Å². The lowest BCUT2D eigenvalue weighted by Gasteiger charge is -2.47. The summed E-state index contributed by atoms with van der Waals surface area (Å²) in [6, 6.07) is 0.596. The molecule has 29 heavy (non-hydrogen) atoms. The average molecular weight is 431 g/mol. The van der Waals surface area contributed by atoms with Gasteiger partial charge >= 0.3 is 0 Å². The highest BCUT2D eigenvalue weighted by atomic mass is 31.2. The lowest BCUT2D eigenvalue weighted by atomic mass is 9.84. The summed E-state index contributed by atoms with van der Waals surface area (Å²) in [4.78, 5) is 2.57. The minimum Gasteiger partial charge on any atom is -0.379 e. The van der Waals surface area contributed by atoms with E-state index in [1.807, 2.05) is 0 Å². The lowest BCUT2D eigenvalue weighted by molar-refractivity contribution is 0.00458. The van der Waals surface area contributed by atoms with Crippen LogP contribution in [0.2, 0.25) is 0 Å². The SMILES string of the molecule is CCCC(C)(CC)COP(=O)(N1CCC(N2CCOCC2)CC1)C(C)(C)CCC. The molecule has 2 saturated heterocycles. The van der Waals surface area contributed by atoms with Crippen molar-refractivity contribution in [3.63, 3.8) is 0 Å². The highest BCUT2D eigenvalue weighted by molar-refractivity contribution is 7.58. The maximum absolute atomic E-state index is 14.5. The van der Waals surface area contributed by atoms with E-state index in [0.717, 1.165) is 84.3 Å². The second-order valence-corrected chi connectivity index (χ2v) is 13.2. The summed E-state index contributed by atoms with van der Waals surface area (Å²) in [5.74, 6) is 0. The third-order valence-electron chi connectivity index (χ3n) is 7.30. The zero-order chi connectivity index (χ0) is 21.5. The zero-order valence-electron chi connectivity index (χ0n) is 20.0. The summed E-state index contributed by atoms with van der Waals surface area (Å²) in [6.07, 6.45) is 7.45. The Labute approximate surface area is 180 Å². The van der Waals surface area contributed by atoms with Crippen molar-refractivity contribution in [3.05, 3.63) is 0 Å². The Morgan fingerprint density at radius 2 is 1.55 bits per heavy atom. The van der Waals surface area contributed by atoms with Crippen LogP contribution >= 0.6 is 7.52 Å². The molecule has 0 aromatic heterocycles. The minimum absolute atomic E-state index is 0.110. The fourth-order valence-corrected chi connectivity index (χ4v) is 8.04. The highest BCUT2D eigenvalue weighted by Crippen LogP contribution is 2.64. The first-order valence-electron chi connectivity index (χ1n) is 12.0. The standard InChI is InChI=1S/C23H47N2O3P/c1-7-12-22(4,5)29(26,28-20-23(6,9-3)13-8-2)25-14-10-21(11-15-25)24-16-18-27-19-17-24/h21H,7-20H2,1-6H3. The monoisotopic (exact) mass is 430 g/mol. The Morgan fingerprint density at radius 1 is 0.966 bits per heavy atom. The van der Waals surface area contributed by atoms with Crippen LogP contribution in [0.15, 0.2) is 0 Å². The molecule has 2 unspecified atom stereocenters. The second kappa shape index (κ2) is 11.1. The number of nitrogens with zero attached hydrogens (tertiary/aromatic N) is 2. The van der Waals surface area contributed by atoms with E-state index >= 15 is 0 Å². The van der Waals surface area contributed by atoms with Crippen molar-refractivity contribution < 1.29 is 13.8 Å². The van der Waals surface area contributed by atoms with Crippen molar-refractivity contribution in [3.8, 4) is 0 Å². The van der Waals surface area contributed by atoms with Crippen molar-refractivity contribution in [2.24, 2.45) is 5.41 Å². The topological polar surface area (TPSA) is 42.0 Å². The number of ether oxygens (including phenoxy) is 1. The summed E-state index contributed by atoms with van der Waals surface area (Å²) in [5.41, 5.74) is 0.110. The molecule has 0 bridgehead atoms. The molecule has 0 radical (unpaired) electrons. The molecule has 0 aromatic carbocycles. The Balaban J connectivity index is 2.10. The van der Waals surface area contributed by atoms with Gasteiger partial charge in [0.05, 0.1) is 25.0 Å².